The molecule has 1 aliphatic rings. The van der Waals surface area contributed by atoms with Crippen molar-refractivity contribution in [1.29, 1.82) is 0 Å². The molecular formula is C22H27N3O4S. The minimum absolute atomic E-state index is 0.123. The number of ketones is 1. The molecule has 0 aromatic carbocycles. The number of carbonyl (C=O) groups excluding carboxylic acids is 3. The second kappa shape index (κ2) is 11.0. The SMILES string of the molecule is COC(=O)C1CCCN1CCCCCC(=O)Nc1ncccc1C(=O)c1cccs1. The number of carbonyl (C=O) groups is 3. The molecule has 1 saturated heterocycles. The summed E-state index contributed by atoms with van der Waals surface area (Å²) in [5, 5.41) is 4.62. The van der Waals surface area contributed by atoms with Crippen LogP contribution in [0.15, 0.2) is 35.8 Å². The number of aromatic nitrogens is 1. The summed E-state index contributed by atoms with van der Waals surface area (Å²) in [5.74, 6) is -0.143. The molecule has 1 N–H and O–H groups in total. The number of methoxy groups -OCH3 is 1. The first-order chi connectivity index (χ1) is 14.6. The number of hydrogen-bond donors (Lipinski definition) is 1. The van der Waals surface area contributed by atoms with Crippen molar-refractivity contribution in [3.63, 3.8) is 0 Å². The number of pyridine rings is 1. The Morgan fingerprint density at radius 2 is 2.10 bits per heavy atom. The van der Waals surface area contributed by atoms with Gasteiger partial charge in [-0.3, -0.25) is 19.3 Å². The number of anilines is 1. The molecule has 1 unspecified atom stereocenters. The molecule has 1 amide bonds. The van der Waals surface area contributed by atoms with Crippen LogP contribution < -0.4 is 5.32 Å². The van der Waals surface area contributed by atoms with Gasteiger partial charge < -0.3 is 10.1 Å². The molecular weight excluding hydrogens is 402 g/mol. The lowest BCUT2D eigenvalue weighted by molar-refractivity contribution is -0.145. The Morgan fingerprint density at radius 3 is 2.87 bits per heavy atom. The minimum Gasteiger partial charge on any atom is -0.468 e. The quantitative estimate of drug-likeness (QED) is 0.353. The summed E-state index contributed by atoms with van der Waals surface area (Å²) in [4.78, 5) is 43.7. The highest BCUT2D eigenvalue weighted by molar-refractivity contribution is 7.12. The van der Waals surface area contributed by atoms with Crippen LogP contribution in [0.4, 0.5) is 5.82 Å². The Labute approximate surface area is 180 Å². The van der Waals surface area contributed by atoms with Crippen LogP contribution in [0.25, 0.3) is 0 Å². The van der Waals surface area contributed by atoms with E-state index in [4.69, 9.17) is 4.74 Å². The number of hydrogen-bond acceptors (Lipinski definition) is 7. The number of nitrogens with zero attached hydrogens (tertiary/aromatic N) is 2. The van der Waals surface area contributed by atoms with Crippen molar-refractivity contribution in [2.24, 2.45) is 0 Å². The lowest BCUT2D eigenvalue weighted by Gasteiger charge is -2.22. The van der Waals surface area contributed by atoms with Gasteiger partial charge in [0.15, 0.2) is 0 Å². The molecule has 0 bridgehead atoms. The molecule has 30 heavy (non-hydrogen) atoms. The van der Waals surface area contributed by atoms with Gasteiger partial charge >= 0.3 is 5.97 Å². The molecule has 0 aliphatic carbocycles. The number of ether oxygens (including phenoxy) is 1. The van der Waals surface area contributed by atoms with Crippen molar-refractivity contribution in [3.8, 4) is 0 Å². The molecule has 1 fully saturated rings. The zero-order valence-electron chi connectivity index (χ0n) is 17.1. The van der Waals surface area contributed by atoms with E-state index in [2.05, 4.69) is 15.2 Å². The Bertz CT molecular complexity index is 869. The van der Waals surface area contributed by atoms with Gasteiger partial charge in [-0.1, -0.05) is 12.5 Å². The average Bonchev–Trinajstić information content (AvgIpc) is 3.45. The summed E-state index contributed by atoms with van der Waals surface area (Å²) >= 11 is 1.36. The van der Waals surface area contributed by atoms with Crippen LogP contribution in [0.2, 0.25) is 0 Å². The van der Waals surface area contributed by atoms with Gasteiger partial charge in [-0.25, -0.2) is 4.98 Å². The standard InChI is InChI=1S/C22H27N3O4S/c1-29-22(28)17-9-6-14-25(17)13-4-2-3-11-19(26)24-21-16(8-5-12-23-21)20(27)18-10-7-15-30-18/h5,7-8,10,12,15,17H,2-4,6,9,11,13-14H2,1H3,(H,23,24,26). The maximum Gasteiger partial charge on any atom is 0.323 e. The maximum atomic E-state index is 12.6. The highest BCUT2D eigenvalue weighted by Gasteiger charge is 2.30. The molecule has 3 heterocycles. The lowest BCUT2D eigenvalue weighted by Crippen LogP contribution is -2.37. The predicted molar refractivity (Wildman–Crippen MR) is 116 cm³/mol. The highest BCUT2D eigenvalue weighted by Crippen LogP contribution is 2.21. The van der Waals surface area contributed by atoms with Crippen LogP contribution in [-0.4, -0.2) is 53.8 Å². The van der Waals surface area contributed by atoms with E-state index in [1.165, 1.54) is 18.4 Å². The number of esters is 1. The summed E-state index contributed by atoms with van der Waals surface area (Å²) in [7, 11) is 1.43. The first-order valence-electron chi connectivity index (χ1n) is 10.2. The fourth-order valence-corrected chi connectivity index (χ4v) is 4.38. The smallest absolute Gasteiger partial charge is 0.323 e. The predicted octanol–water partition coefficient (Wildman–Crippen LogP) is 3.51. The number of unbranched alkanes of at least 4 members (excludes halogenated alkanes) is 2. The third kappa shape index (κ3) is 5.73. The molecule has 1 atom stereocenters. The van der Waals surface area contributed by atoms with E-state index in [1.54, 1.807) is 24.4 Å². The van der Waals surface area contributed by atoms with Gasteiger partial charge in [0.05, 0.1) is 17.6 Å². The summed E-state index contributed by atoms with van der Waals surface area (Å²) in [5.41, 5.74) is 0.399. The van der Waals surface area contributed by atoms with E-state index in [1.807, 2.05) is 11.4 Å². The van der Waals surface area contributed by atoms with Crippen LogP contribution in [0.1, 0.15) is 53.8 Å². The first-order valence-corrected chi connectivity index (χ1v) is 11.1. The van der Waals surface area contributed by atoms with E-state index in [-0.39, 0.29) is 23.7 Å². The molecule has 0 radical (unpaired) electrons. The summed E-state index contributed by atoms with van der Waals surface area (Å²) in [6, 6.07) is 6.83. The molecule has 1 aliphatic heterocycles. The van der Waals surface area contributed by atoms with Gasteiger partial charge in [0.25, 0.3) is 0 Å². The monoisotopic (exact) mass is 429 g/mol. The molecule has 2 aromatic heterocycles. The van der Waals surface area contributed by atoms with Crippen molar-refractivity contribution in [2.45, 2.75) is 44.6 Å². The van der Waals surface area contributed by atoms with Crippen LogP contribution >= 0.6 is 11.3 Å². The van der Waals surface area contributed by atoms with Gasteiger partial charge in [-0.05, 0) is 62.4 Å². The normalized spacial score (nSPS) is 16.4. The summed E-state index contributed by atoms with van der Waals surface area (Å²) in [6.45, 7) is 1.75. The number of nitrogens with one attached hydrogen (secondary N) is 1. The van der Waals surface area contributed by atoms with Crippen molar-refractivity contribution in [2.75, 3.05) is 25.5 Å². The fraction of sp³-hybridized carbons (Fsp3) is 0.455. The first kappa shape index (κ1) is 22.1. The van der Waals surface area contributed by atoms with Crippen LogP contribution in [-0.2, 0) is 14.3 Å². The molecule has 0 spiro atoms. The molecule has 2 aromatic rings. The summed E-state index contributed by atoms with van der Waals surface area (Å²) in [6.07, 6.45) is 6.35. The van der Waals surface area contributed by atoms with Gasteiger partial charge in [0.2, 0.25) is 11.7 Å². The molecule has 7 nitrogen and oxygen atoms in total. The third-order valence-corrected chi connectivity index (χ3v) is 6.11. The van der Waals surface area contributed by atoms with E-state index in [9.17, 15) is 14.4 Å². The Morgan fingerprint density at radius 1 is 1.23 bits per heavy atom. The van der Waals surface area contributed by atoms with Gasteiger partial charge in [0.1, 0.15) is 11.9 Å². The van der Waals surface area contributed by atoms with Crippen molar-refractivity contribution >= 4 is 34.8 Å². The van der Waals surface area contributed by atoms with E-state index >= 15 is 0 Å². The van der Waals surface area contributed by atoms with Crippen molar-refractivity contribution in [3.05, 3.63) is 46.3 Å². The molecule has 3 rings (SSSR count). The largest absolute Gasteiger partial charge is 0.468 e. The Hall–Kier alpha value is -2.58. The Kier molecular flexibility index (Phi) is 8.10. The number of likely N-dealkylation sites (tertiary alicyclic amines) is 1. The number of amides is 1. The third-order valence-electron chi connectivity index (χ3n) is 5.24. The van der Waals surface area contributed by atoms with E-state index in [0.29, 0.717) is 22.7 Å². The van der Waals surface area contributed by atoms with Crippen LogP contribution in [0.3, 0.4) is 0 Å². The van der Waals surface area contributed by atoms with Crippen LogP contribution in [0.5, 0.6) is 0 Å². The zero-order valence-corrected chi connectivity index (χ0v) is 18.0. The molecule has 8 heteroatoms. The van der Waals surface area contributed by atoms with Crippen molar-refractivity contribution in [1.82, 2.24) is 9.88 Å². The second-order valence-electron chi connectivity index (χ2n) is 7.28. The number of rotatable bonds is 10. The maximum absolute atomic E-state index is 12.6. The van der Waals surface area contributed by atoms with Gasteiger partial charge in [0, 0.05) is 12.6 Å². The topological polar surface area (TPSA) is 88.6 Å². The second-order valence-corrected chi connectivity index (χ2v) is 8.23. The van der Waals surface area contributed by atoms with Crippen LogP contribution in [0, 0.1) is 0 Å². The minimum atomic E-state index is -0.157. The van der Waals surface area contributed by atoms with E-state index < -0.39 is 0 Å². The zero-order chi connectivity index (χ0) is 21.3. The van der Waals surface area contributed by atoms with Crippen molar-refractivity contribution < 1.29 is 19.1 Å². The summed E-state index contributed by atoms with van der Waals surface area (Å²) < 4.78 is 4.87. The van der Waals surface area contributed by atoms with Gasteiger partial charge in [-0.2, -0.15) is 0 Å². The number of thiophene rings is 1. The molecule has 0 saturated carbocycles. The van der Waals surface area contributed by atoms with E-state index in [0.717, 1.165) is 45.2 Å². The van der Waals surface area contributed by atoms with Gasteiger partial charge in [-0.15, -0.1) is 11.3 Å². The fourth-order valence-electron chi connectivity index (χ4n) is 3.70. The average molecular weight is 430 g/mol. The molecule has 160 valence electrons. The lowest BCUT2D eigenvalue weighted by atomic mass is 10.1. The highest BCUT2D eigenvalue weighted by atomic mass is 32.1. The Balaban J connectivity index is 1.42.